The third-order valence-corrected chi connectivity index (χ3v) is 6.86. The van der Waals surface area contributed by atoms with Gasteiger partial charge in [-0.15, -0.1) is 0 Å². The van der Waals surface area contributed by atoms with E-state index in [2.05, 4.69) is 0 Å². The van der Waals surface area contributed by atoms with Gasteiger partial charge in [-0.05, 0) is 54.7 Å². The smallest absolute Gasteiger partial charge is 0.227 e. The summed E-state index contributed by atoms with van der Waals surface area (Å²) in [5, 5.41) is 0. The zero-order valence-corrected chi connectivity index (χ0v) is 17.2. The van der Waals surface area contributed by atoms with Crippen LogP contribution in [0.15, 0.2) is 41.3 Å². The summed E-state index contributed by atoms with van der Waals surface area (Å²) in [4.78, 5) is 14.3. The molecule has 150 valence electrons. The minimum Gasteiger partial charge on any atom is -0.493 e. The van der Waals surface area contributed by atoms with Crippen LogP contribution < -0.4 is 14.4 Å². The lowest BCUT2D eigenvalue weighted by molar-refractivity contribution is -0.117. The lowest BCUT2D eigenvalue weighted by Gasteiger charge is -2.19. The first-order chi connectivity index (χ1) is 13.4. The molecule has 3 rings (SSSR count). The predicted molar refractivity (Wildman–Crippen MR) is 108 cm³/mol. The van der Waals surface area contributed by atoms with Crippen molar-refractivity contribution in [2.75, 3.05) is 31.9 Å². The number of anilines is 1. The number of amides is 1. The van der Waals surface area contributed by atoms with Crippen molar-refractivity contribution in [2.24, 2.45) is 0 Å². The molecule has 28 heavy (non-hydrogen) atoms. The number of carbonyl (C=O) groups excluding carboxylic acids is 1. The first kappa shape index (κ1) is 20.2. The van der Waals surface area contributed by atoms with Crippen LogP contribution in [-0.2, 0) is 27.5 Å². The van der Waals surface area contributed by atoms with Crippen LogP contribution in [0.1, 0.15) is 24.0 Å². The van der Waals surface area contributed by atoms with E-state index in [0.29, 0.717) is 22.1 Å². The molecule has 0 N–H and O–H groups in total. The number of rotatable bonds is 7. The molecule has 1 amide bonds. The highest BCUT2D eigenvalue weighted by molar-refractivity contribution is 7.91. The van der Waals surface area contributed by atoms with E-state index < -0.39 is 9.84 Å². The summed E-state index contributed by atoms with van der Waals surface area (Å²) >= 11 is 0. The van der Waals surface area contributed by atoms with Crippen LogP contribution in [0.3, 0.4) is 0 Å². The average Bonchev–Trinajstić information content (AvgIpc) is 3.18. The van der Waals surface area contributed by atoms with E-state index >= 15 is 0 Å². The van der Waals surface area contributed by atoms with E-state index in [0.717, 1.165) is 24.8 Å². The number of ether oxygens (including phenoxy) is 2. The fourth-order valence-corrected chi connectivity index (χ4v) is 4.70. The molecular weight excluding hydrogens is 378 g/mol. The van der Waals surface area contributed by atoms with Crippen molar-refractivity contribution in [2.45, 2.75) is 30.6 Å². The minimum absolute atomic E-state index is 0.0930. The Morgan fingerprint density at radius 1 is 1.00 bits per heavy atom. The Morgan fingerprint density at radius 2 is 1.71 bits per heavy atom. The Hall–Kier alpha value is -2.54. The van der Waals surface area contributed by atoms with Gasteiger partial charge in [-0.3, -0.25) is 4.79 Å². The van der Waals surface area contributed by atoms with Gasteiger partial charge < -0.3 is 14.4 Å². The molecule has 0 atom stereocenters. The van der Waals surface area contributed by atoms with Gasteiger partial charge in [-0.25, -0.2) is 8.42 Å². The fourth-order valence-electron chi connectivity index (χ4n) is 3.43. The van der Waals surface area contributed by atoms with Crippen molar-refractivity contribution in [3.05, 3.63) is 47.5 Å². The third kappa shape index (κ3) is 4.14. The van der Waals surface area contributed by atoms with Gasteiger partial charge in [0.15, 0.2) is 21.3 Å². The molecular formula is C21H25NO5S. The van der Waals surface area contributed by atoms with Crippen LogP contribution >= 0.6 is 0 Å². The highest BCUT2D eigenvalue weighted by atomic mass is 32.2. The molecule has 0 fully saturated rings. The van der Waals surface area contributed by atoms with Crippen molar-refractivity contribution in [1.82, 2.24) is 0 Å². The second kappa shape index (κ2) is 8.22. The second-order valence-corrected chi connectivity index (χ2v) is 8.95. The summed E-state index contributed by atoms with van der Waals surface area (Å²) in [5.41, 5.74) is 2.94. The first-order valence-corrected chi connectivity index (χ1v) is 10.8. The SMILES string of the molecule is COc1ccc(N(C)C(=O)CCS(=O)(=O)c2ccc3c(c2)CCC3)cc1OC. The summed E-state index contributed by atoms with van der Waals surface area (Å²) in [6.45, 7) is 0. The second-order valence-electron chi connectivity index (χ2n) is 6.84. The normalized spacial score (nSPS) is 13.1. The quantitative estimate of drug-likeness (QED) is 0.711. The Labute approximate surface area is 166 Å². The number of sulfone groups is 1. The van der Waals surface area contributed by atoms with Gasteiger partial charge in [-0.1, -0.05) is 6.07 Å². The largest absolute Gasteiger partial charge is 0.493 e. The van der Waals surface area contributed by atoms with Gasteiger partial charge in [0.25, 0.3) is 0 Å². The molecule has 2 aromatic rings. The van der Waals surface area contributed by atoms with Crippen molar-refractivity contribution in [3.8, 4) is 11.5 Å². The Morgan fingerprint density at radius 3 is 2.43 bits per heavy atom. The number of carbonyl (C=O) groups is 1. The zero-order valence-electron chi connectivity index (χ0n) is 16.4. The van der Waals surface area contributed by atoms with Gasteiger partial charge in [0.2, 0.25) is 5.91 Å². The maximum atomic E-state index is 12.7. The van der Waals surface area contributed by atoms with E-state index in [1.54, 1.807) is 37.4 Å². The zero-order chi connectivity index (χ0) is 20.3. The van der Waals surface area contributed by atoms with Crippen molar-refractivity contribution in [3.63, 3.8) is 0 Å². The van der Waals surface area contributed by atoms with E-state index in [-0.39, 0.29) is 18.1 Å². The first-order valence-electron chi connectivity index (χ1n) is 9.19. The van der Waals surface area contributed by atoms with E-state index in [1.807, 2.05) is 6.07 Å². The molecule has 0 aliphatic heterocycles. The van der Waals surface area contributed by atoms with Gasteiger partial charge in [0, 0.05) is 25.2 Å². The van der Waals surface area contributed by atoms with Crippen molar-refractivity contribution < 1.29 is 22.7 Å². The summed E-state index contributed by atoms with van der Waals surface area (Å²) in [5.74, 6) is 0.566. The number of aryl methyl sites for hydroxylation is 2. The standard InChI is InChI=1S/C21H25NO5S/c1-22(17-8-10-19(26-2)20(14-17)27-3)21(23)11-12-28(24,25)18-9-7-15-5-4-6-16(15)13-18/h7-10,13-14H,4-6,11-12H2,1-3H3. The highest BCUT2D eigenvalue weighted by Gasteiger charge is 2.21. The summed E-state index contributed by atoms with van der Waals surface area (Å²) in [6.07, 6.45) is 2.89. The van der Waals surface area contributed by atoms with E-state index in [9.17, 15) is 13.2 Å². The highest BCUT2D eigenvalue weighted by Crippen LogP contribution is 2.31. The minimum atomic E-state index is -3.51. The Kier molecular flexibility index (Phi) is 5.93. The summed E-state index contributed by atoms with van der Waals surface area (Å²) in [6, 6.07) is 10.4. The Bertz CT molecular complexity index is 984. The van der Waals surface area contributed by atoms with E-state index in [1.165, 1.54) is 24.7 Å². The number of benzene rings is 2. The predicted octanol–water partition coefficient (Wildman–Crippen LogP) is 3.02. The summed E-state index contributed by atoms with van der Waals surface area (Å²) < 4.78 is 35.8. The summed E-state index contributed by atoms with van der Waals surface area (Å²) in [7, 11) is 1.17. The number of fused-ring (bicyclic) bond motifs is 1. The number of methoxy groups -OCH3 is 2. The van der Waals surface area contributed by atoms with Gasteiger partial charge in [0.1, 0.15) is 0 Å². The van der Waals surface area contributed by atoms with Crippen LogP contribution in [0.2, 0.25) is 0 Å². The molecule has 7 heteroatoms. The van der Waals surface area contributed by atoms with Crippen LogP contribution in [0.25, 0.3) is 0 Å². The van der Waals surface area contributed by atoms with Crippen LogP contribution in [0, 0.1) is 0 Å². The van der Waals surface area contributed by atoms with Crippen molar-refractivity contribution >= 4 is 21.4 Å². The molecule has 2 aromatic carbocycles. The molecule has 0 spiro atoms. The molecule has 1 aliphatic rings. The lowest BCUT2D eigenvalue weighted by atomic mass is 10.1. The molecule has 0 aromatic heterocycles. The molecule has 0 unspecified atom stereocenters. The van der Waals surface area contributed by atoms with Crippen LogP contribution in [-0.4, -0.2) is 41.3 Å². The number of hydrogen-bond donors (Lipinski definition) is 0. The molecule has 0 bridgehead atoms. The molecule has 0 heterocycles. The van der Waals surface area contributed by atoms with Gasteiger partial charge >= 0.3 is 0 Å². The van der Waals surface area contributed by atoms with Gasteiger partial charge in [-0.2, -0.15) is 0 Å². The molecule has 0 saturated heterocycles. The van der Waals surface area contributed by atoms with Crippen molar-refractivity contribution in [1.29, 1.82) is 0 Å². The molecule has 6 nitrogen and oxygen atoms in total. The van der Waals surface area contributed by atoms with Gasteiger partial charge in [0.05, 0.1) is 24.9 Å². The monoisotopic (exact) mass is 403 g/mol. The molecule has 0 saturated carbocycles. The van der Waals surface area contributed by atoms with Crippen LogP contribution in [0.4, 0.5) is 5.69 Å². The van der Waals surface area contributed by atoms with Crippen LogP contribution in [0.5, 0.6) is 11.5 Å². The maximum absolute atomic E-state index is 12.7. The number of hydrogen-bond acceptors (Lipinski definition) is 5. The lowest BCUT2D eigenvalue weighted by Crippen LogP contribution is -2.28. The van der Waals surface area contributed by atoms with E-state index in [4.69, 9.17) is 9.47 Å². The Balaban J connectivity index is 1.69. The number of nitrogens with zero attached hydrogens (tertiary/aromatic N) is 1. The fraction of sp³-hybridized carbons (Fsp3) is 0.381. The third-order valence-electron chi connectivity index (χ3n) is 5.14. The topological polar surface area (TPSA) is 72.9 Å². The molecule has 1 aliphatic carbocycles. The maximum Gasteiger partial charge on any atom is 0.227 e. The average molecular weight is 404 g/mol. The molecule has 0 radical (unpaired) electrons.